The molecule has 2 heterocycles. The molecule has 136 valence electrons. The summed E-state index contributed by atoms with van der Waals surface area (Å²) in [6, 6.07) is 13.2. The molecule has 0 fully saturated rings. The second-order valence-corrected chi connectivity index (χ2v) is 7.31. The number of ether oxygens (including phenoxy) is 1. The van der Waals surface area contributed by atoms with E-state index >= 15 is 0 Å². The van der Waals surface area contributed by atoms with Crippen molar-refractivity contribution in [1.29, 1.82) is 0 Å². The Morgan fingerprint density at radius 3 is 2.65 bits per heavy atom. The predicted molar refractivity (Wildman–Crippen MR) is 100 cm³/mol. The van der Waals surface area contributed by atoms with Crippen LogP contribution in [0.2, 0.25) is 0 Å². The van der Waals surface area contributed by atoms with E-state index in [0.29, 0.717) is 5.82 Å². The van der Waals surface area contributed by atoms with Crippen molar-refractivity contribution in [2.24, 2.45) is 0 Å². The fraction of sp³-hybridized carbons (Fsp3) is 0.350. The quantitative estimate of drug-likeness (QED) is 0.765. The van der Waals surface area contributed by atoms with Gasteiger partial charge in [-0.3, -0.25) is 9.20 Å². The molecule has 0 aliphatic carbocycles. The van der Waals surface area contributed by atoms with Gasteiger partial charge in [0.2, 0.25) is 0 Å². The molecule has 0 bridgehead atoms. The summed E-state index contributed by atoms with van der Waals surface area (Å²) >= 11 is 0. The van der Waals surface area contributed by atoms with Gasteiger partial charge in [-0.15, -0.1) is 10.2 Å². The molecule has 6 nitrogen and oxygen atoms in total. The highest BCUT2D eigenvalue weighted by molar-refractivity contribution is 5.78. The van der Waals surface area contributed by atoms with E-state index in [1.807, 2.05) is 60.0 Å². The number of carbonyl (C=O) groups excluding carboxylic acids is 1. The summed E-state index contributed by atoms with van der Waals surface area (Å²) < 4.78 is 7.64. The van der Waals surface area contributed by atoms with Crippen molar-refractivity contribution < 1.29 is 9.53 Å². The predicted octanol–water partition coefficient (Wildman–Crippen LogP) is 3.28. The lowest BCUT2D eigenvalue weighted by Gasteiger charge is -2.22. The third-order valence-corrected chi connectivity index (χ3v) is 4.16. The van der Waals surface area contributed by atoms with E-state index in [9.17, 15) is 4.79 Å². The molecule has 0 saturated heterocycles. The van der Waals surface area contributed by atoms with Gasteiger partial charge in [-0.1, -0.05) is 45.0 Å². The Labute approximate surface area is 153 Å². The number of fused-ring (bicyclic) bond motifs is 1. The molecule has 0 radical (unpaired) electrons. The minimum absolute atomic E-state index is 0.0475. The zero-order valence-corrected chi connectivity index (χ0v) is 15.6. The number of carbonyl (C=O) groups is 1. The monoisotopic (exact) mass is 352 g/mol. The van der Waals surface area contributed by atoms with Crippen LogP contribution >= 0.6 is 0 Å². The Morgan fingerprint density at radius 1 is 1.15 bits per heavy atom. The minimum atomic E-state index is -0.277. The highest BCUT2D eigenvalue weighted by Gasteiger charge is 2.20. The molecule has 0 aliphatic rings. The number of para-hydroxylation sites is 1. The van der Waals surface area contributed by atoms with Crippen LogP contribution in [0.3, 0.4) is 0 Å². The highest BCUT2D eigenvalue weighted by Crippen LogP contribution is 2.30. The average molecular weight is 352 g/mol. The van der Waals surface area contributed by atoms with Crippen LogP contribution in [-0.2, 0) is 10.2 Å². The number of pyridine rings is 1. The van der Waals surface area contributed by atoms with E-state index in [4.69, 9.17) is 4.74 Å². The van der Waals surface area contributed by atoms with Gasteiger partial charge in [0.15, 0.2) is 18.1 Å². The smallest absolute Gasteiger partial charge is 0.258 e. The third-order valence-electron chi connectivity index (χ3n) is 4.16. The lowest BCUT2D eigenvalue weighted by atomic mass is 9.86. The van der Waals surface area contributed by atoms with Gasteiger partial charge < -0.3 is 10.1 Å². The fourth-order valence-corrected chi connectivity index (χ4v) is 2.86. The lowest BCUT2D eigenvalue weighted by molar-refractivity contribution is -0.123. The van der Waals surface area contributed by atoms with Gasteiger partial charge in [-0.25, -0.2) is 0 Å². The van der Waals surface area contributed by atoms with Gasteiger partial charge >= 0.3 is 0 Å². The minimum Gasteiger partial charge on any atom is -0.483 e. The van der Waals surface area contributed by atoms with Crippen LogP contribution in [-0.4, -0.2) is 27.1 Å². The molecule has 0 saturated carbocycles. The SMILES string of the molecule is CC(NC(=O)COc1ccccc1C(C)(C)C)c1nnc2ccccn12. The van der Waals surface area contributed by atoms with Crippen molar-refractivity contribution in [3.8, 4) is 5.75 Å². The van der Waals surface area contributed by atoms with Crippen molar-refractivity contribution in [3.05, 3.63) is 60.0 Å². The highest BCUT2D eigenvalue weighted by atomic mass is 16.5. The van der Waals surface area contributed by atoms with Crippen molar-refractivity contribution in [3.63, 3.8) is 0 Å². The molecule has 0 spiro atoms. The van der Waals surface area contributed by atoms with E-state index in [1.54, 1.807) is 0 Å². The number of nitrogens with one attached hydrogen (secondary N) is 1. The zero-order valence-electron chi connectivity index (χ0n) is 15.6. The summed E-state index contributed by atoms with van der Waals surface area (Å²) in [5.74, 6) is 1.22. The fourth-order valence-electron chi connectivity index (χ4n) is 2.86. The first-order valence-electron chi connectivity index (χ1n) is 8.67. The van der Waals surface area contributed by atoms with E-state index < -0.39 is 0 Å². The van der Waals surface area contributed by atoms with Crippen LogP contribution in [0.5, 0.6) is 5.75 Å². The van der Waals surface area contributed by atoms with Crippen LogP contribution in [0.25, 0.3) is 5.65 Å². The maximum atomic E-state index is 12.3. The summed E-state index contributed by atoms with van der Waals surface area (Å²) in [5, 5.41) is 11.2. The van der Waals surface area contributed by atoms with Gasteiger partial charge in [0.1, 0.15) is 5.75 Å². The number of benzene rings is 1. The first-order chi connectivity index (χ1) is 12.4. The largest absolute Gasteiger partial charge is 0.483 e. The Balaban J connectivity index is 1.65. The molecule has 26 heavy (non-hydrogen) atoms. The molecule has 1 N–H and O–H groups in total. The standard InChI is InChI=1S/C20H24N4O2/c1-14(19-23-22-17-11-7-8-12-24(17)19)21-18(25)13-26-16-10-6-5-9-15(16)20(2,3)4/h5-12,14H,13H2,1-4H3,(H,21,25). The maximum absolute atomic E-state index is 12.3. The molecule has 0 aliphatic heterocycles. The van der Waals surface area contributed by atoms with Gasteiger partial charge in [-0.2, -0.15) is 0 Å². The molecule has 6 heteroatoms. The molecule has 1 unspecified atom stereocenters. The second-order valence-electron chi connectivity index (χ2n) is 7.31. The van der Waals surface area contributed by atoms with Gasteiger partial charge in [-0.05, 0) is 36.1 Å². The average Bonchev–Trinajstić information content (AvgIpc) is 3.03. The van der Waals surface area contributed by atoms with Crippen molar-refractivity contribution >= 4 is 11.6 Å². The van der Waals surface area contributed by atoms with Crippen molar-refractivity contribution in [1.82, 2.24) is 19.9 Å². The van der Waals surface area contributed by atoms with Crippen LogP contribution < -0.4 is 10.1 Å². The summed E-state index contributed by atoms with van der Waals surface area (Å²) in [6.07, 6.45) is 1.88. The normalized spacial score (nSPS) is 12.8. The molecule has 3 aromatic rings. The number of rotatable bonds is 5. The summed E-state index contributed by atoms with van der Waals surface area (Å²) in [7, 11) is 0. The first-order valence-corrected chi connectivity index (χ1v) is 8.67. The number of aromatic nitrogens is 3. The Hall–Kier alpha value is -2.89. The molecule has 1 aromatic carbocycles. The van der Waals surface area contributed by atoms with Crippen LogP contribution in [0.1, 0.15) is 45.1 Å². The number of amides is 1. The summed E-state index contributed by atoms with van der Waals surface area (Å²) in [4.78, 5) is 12.3. The third kappa shape index (κ3) is 3.85. The van der Waals surface area contributed by atoms with E-state index in [-0.39, 0.29) is 24.0 Å². The topological polar surface area (TPSA) is 68.5 Å². The molecular weight excluding hydrogens is 328 g/mol. The summed E-state index contributed by atoms with van der Waals surface area (Å²) in [6.45, 7) is 8.19. The van der Waals surface area contributed by atoms with Gasteiger partial charge in [0.05, 0.1) is 6.04 Å². The molecule has 1 amide bonds. The first kappa shape index (κ1) is 17.9. The lowest BCUT2D eigenvalue weighted by Crippen LogP contribution is -2.32. The molecule has 3 rings (SSSR count). The van der Waals surface area contributed by atoms with Crippen LogP contribution in [0, 0.1) is 0 Å². The Morgan fingerprint density at radius 2 is 1.88 bits per heavy atom. The van der Waals surface area contributed by atoms with Gasteiger partial charge in [0.25, 0.3) is 5.91 Å². The van der Waals surface area contributed by atoms with E-state index in [1.165, 1.54) is 0 Å². The Kier molecular flexibility index (Phi) is 4.93. The van der Waals surface area contributed by atoms with Crippen LogP contribution in [0.4, 0.5) is 0 Å². The van der Waals surface area contributed by atoms with Crippen molar-refractivity contribution in [2.75, 3.05) is 6.61 Å². The molecular formula is C20H24N4O2. The number of hydrogen-bond donors (Lipinski definition) is 1. The van der Waals surface area contributed by atoms with Crippen molar-refractivity contribution in [2.45, 2.75) is 39.2 Å². The molecule has 1 atom stereocenters. The number of hydrogen-bond acceptors (Lipinski definition) is 4. The van der Waals surface area contributed by atoms with E-state index in [2.05, 4.69) is 36.3 Å². The van der Waals surface area contributed by atoms with Crippen LogP contribution in [0.15, 0.2) is 48.7 Å². The summed E-state index contributed by atoms with van der Waals surface area (Å²) in [5.41, 5.74) is 1.77. The number of nitrogens with zero attached hydrogens (tertiary/aromatic N) is 3. The maximum Gasteiger partial charge on any atom is 0.258 e. The second kappa shape index (κ2) is 7.15. The zero-order chi connectivity index (χ0) is 18.7. The van der Waals surface area contributed by atoms with E-state index in [0.717, 1.165) is 17.0 Å². The van der Waals surface area contributed by atoms with Gasteiger partial charge in [0, 0.05) is 6.20 Å². The molecule has 2 aromatic heterocycles. The Bertz CT molecular complexity index is 911.